The van der Waals surface area contributed by atoms with E-state index in [4.69, 9.17) is 0 Å². The molecule has 0 aliphatic carbocycles. The largest absolute Gasteiger partial charge is 0.300 e. The third-order valence-corrected chi connectivity index (χ3v) is 2.55. The molecule has 0 spiro atoms. The van der Waals surface area contributed by atoms with Crippen LogP contribution in [0.15, 0.2) is 11.6 Å². The van der Waals surface area contributed by atoms with Gasteiger partial charge in [0, 0.05) is 5.92 Å². The SMILES string of the molecule is CCCCC(CCC=C(C)C)C(C)=O. The van der Waals surface area contributed by atoms with Crippen LogP contribution in [0.1, 0.15) is 59.8 Å². The second-order valence-corrected chi connectivity index (χ2v) is 4.31. The normalized spacial score (nSPS) is 12.3. The van der Waals surface area contributed by atoms with Gasteiger partial charge in [0.1, 0.15) is 5.78 Å². The first-order valence-corrected chi connectivity index (χ1v) is 5.71. The third kappa shape index (κ3) is 6.88. The molecule has 0 rings (SSSR count). The van der Waals surface area contributed by atoms with Gasteiger partial charge in [-0.2, -0.15) is 0 Å². The third-order valence-electron chi connectivity index (χ3n) is 2.55. The molecule has 0 heterocycles. The molecule has 1 heteroatoms. The van der Waals surface area contributed by atoms with E-state index in [2.05, 4.69) is 26.8 Å². The lowest BCUT2D eigenvalue weighted by Gasteiger charge is -2.11. The highest BCUT2D eigenvalue weighted by Gasteiger charge is 2.11. The van der Waals surface area contributed by atoms with E-state index in [1.165, 1.54) is 18.4 Å². The Morgan fingerprint density at radius 2 is 1.86 bits per heavy atom. The van der Waals surface area contributed by atoms with E-state index >= 15 is 0 Å². The molecule has 82 valence electrons. The Hall–Kier alpha value is -0.590. The van der Waals surface area contributed by atoms with Crippen LogP contribution in [-0.4, -0.2) is 5.78 Å². The number of carbonyl (C=O) groups excluding carboxylic acids is 1. The Kier molecular flexibility index (Phi) is 7.45. The lowest BCUT2D eigenvalue weighted by molar-refractivity contribution is -0.121. The molecule has 0 amide bonds. The topological polar surface area (TPSA) is 17.1 Å². The van der Waals surface area contributed by atoms with Crippen LogP contribution < -0.4 is 0 Å². The van der Waals surface area contributed by atoms with Crippen LogP contribution in [0, 0.1) is 5.92 Å². The molecule has 0 N–H and O–H groups in total. The highest BCUT2D eigenvalue weighted by atomic mass is 16.1. The van der Waals surface area contributed by atoms with E-state index in [0.29, 0.717) is 11.7 Å². The Bertz CT molecular complexity index is 187. The molecule has 0 saturated carbocycles. The van der Waals surface area contributed by atoms with Crippen molar-refractivity contribution in [2.24, 2.45) is 5.92 Å². The lowest BCUT2D eigenvalue weighted by atomic mass is 9.93. The van der Waals surface area contributed by atoms with Crippen LogP contribution in [0.3, 0.4) is 0 Å². The molecule has 0 radical (unpaired) electrons. The van der Waals surface area contributed by atoms with Gasteiger partial charge in [0.25, 0.3) is 0 Å². The van der Waals surface area contributed by atoms with Crippen molar-refractivity contribution in [1.29, 1.82) is 0 Å². The standard InChI is InChI=1S/C13H24O/c1-5-6-9-13(12(4)14)10-7-8-11(2)3/h8,13H,5-7,9-10H2,1-4H3. The first-order chi connectivity index (χ1) is 6.57. The monoisotopic (exact) mass is 196 g/mol. The number of carbonyl (C=O) groups is 1. The fraction of sp³-hybridized carbons (Fsp3) is 0.769. The molecule has 1 nitrogen and oxygen atoms in total. The summed E-state index contributed by atoms with van der Waals surface area (Å²) in [5, 5.41) is 0. The quantitative estimate of drug-likeness (QED) is 0.560. The van der Waals surface area contributed by atoms with E-state index in [-0.39, 0.29) is 0 Å². The Morgan fingerprint density at radius 1 is 1.21 bits per heavy atom. The van der Waals surface area contributed by atoms with Gasteiger partial charge in [-0.15, -0.1) is 0 Å². The van der Waals surface area contributed by atoms with Gasteiger partial charge in [0.2, 0.25) is 0 Å². The minimum absolute atomic E-state index is 0.297. The average molecular weight is 196 g/mol. The zero-order valence-electron chi connectivity index (χ0n) is 10.1. The number of hydrogen-bond acceptors (Lipinski definition) is 1. The Morgan fingerprint density at radius 3 is 2.29 bits per heavy atom. The summed E-state index contributed by atoms with van der Waals surface area (Å²) in [4.78, 5) is 11.3. The van der Waals surface area contributed by atoms with Crippen LogP contribution in [-0.2, 0) is 4.79 Å². The van der Waals surface area contributed by atoms with Crippen molar-refractivity contribution < 1.29 is 4.79 Å². The summed E-state index contributed by atoms with van der Waals surface area (Å²) in [5.41, 5.74) is 1.35. The molecule has 0 aromatic heterocycles. The van der Waals surface area contributed by atoms with E-state index in [0.717, 1.165) is 19.3 Å². The number of Topliss-reactive ketones (excluding diaryl/α,β-unsaturated/α-hetero) is 1. The predicted molar refractivity (Wildman–Crippen MR) is 62.4 cm³/mol. The average Bonchev–Trinajstić information content (AvgIpc) is 2.09. The van der Waals surface area contributed by atoms with Crippen molar-refractivity contribution >= 4 is 5.78 Å². The number of rotatable bonds is 7. The van der Waals surface area contributed by atoms with Crippen LogP contribution in [0.2, 0.25) is 0 Å². The summed E-state index contributed by atoms with van der Waals surface area (Å²) in [5.74, 6) is 0.658. The molecule has 14 heavy (non-hydrogen) atoms. The Balaban J connectivity index is 3.85. The van der Waals surface area contributed by atoms with Gasteiger partial charge in [-0.05, 0) is 40.0 Å². The minimum atomic E-state index is 0.297. The van der Waals surface area contributed by atoms with E-state index < -0.39 is 0 Å². The number of ketones is 1. The predicted octanol–water partition coefficient (Wildman–Crippen LogP) is 4.13. The van der Waals surface area contributed by atoms with Crippen molar-refractivity contribution in [3.63, 3.8) is 0 Å². The lowest BCUT2D eigenvalue weighted by Crippen LogP contribution is -2.10. The van der Waals surface area contributed by atoms with Gasteiger partial charge in [0.05, 0.1) is 0 Å². The summed E-state index contributed by atoms with van der Waals surface area (Å²) >= 11 is 0. The fourth-order valence-electron chi connectivity index (χ4n) is 1.57. The first-order valence-electron chi connectivity index (χ1n) is 5.71. The second-order valence-electron chi connectivity index (χ2n) is 4.31. The summed E-state index contributed by atoms with van der Waals surface area (Å²) in [6.45, 7) is 8.11. The van der Waals surface area contributed by atoms with Crippen molar-refractivity contribution in [3.8, 4) is 0 Å². The molecule has 0 aromatic carbocycles. The van der Waals surface area contributed by atoms with E-state index in [1.54, 1.807) is 6.92 Å². The summed E-state index contributed by atoms with van der Waals surface area (Å²) < 4.78 is 0. The fourth-order valence-corrected chi connectivity index (χ4v) is 1.57. The zero-order valence-corrected chi connectivity index (χ0v) is 10.1. The summed E-state index contributed by atoms with van der Waals surface area (Å²) in [7, 11) is 0. The number of unbranched alkanes of at least 4 members (excludes halogenated alkanes) is 1. The molecule has 1 atom stereocenters. The minimum Gasteiger partial charge on any atom is -0.300 e. The van der Waals surface area contributed by atoms with Crippen LogP contribution in [0.5, 0.6) is 0 Å². The first kappa shape index (κ1) is 13.4. The maximum Gasteiger partial charge on any atom is 0.132 e. The van der Waals surface area contributed by atoms with Crippen LogP contribution in [0.25, 0.3) is 0 Å². The van der Waals surface area contributed by atoms with E-state index in [9.17, 15) is 4.79 Å². The Labute approximate surface area is 88.6 Å². The van der Waals surface area contributed by atoms with Gasteiger partial charge in [-0.1, -0.05) is 31.4 Å². The zero-order chi connectivity index (χ0) is 11.0. The van der Waals surface area contributed by atoms with Gasteiger partial charge < -0.3 is 0 Å². The van der Waals surface area contributed by atoms with Gasteiger partial charge in [-0.25, -0.2) is 0 Å². The molecular formula is C13H24O. The maximum atomic E-state index is 11.3. The van der Waals surface area contributed by atoms with E-state index in [1.807, 2.05) is 0 Å². The summed E-state index contributed by atoms with van der Waals surface area (Å²) in [6.07, 6.45) is 7.74. The molecule has 0 aliphatic rings. The van der Waals surface area contributed by atoms with Crippen molar-refractivity contribution in [2.75, 3.05) is 0 Å². The molecule has 0 aliphatic heterocycles. The van der Waals surface area contributed by atoms with Crippen LogP contribution >= 0.6 is 0 Å². The van der Waals surface area contributed by atoms with Crippen molar-refractivity contribution in [3.05, 3.63) is 11.6 Å². The molecule has 0 bridgehead atoms. The highest BCUT2D eigenvalue weighted by molar-refractivity contribution is 5.78. The second kappa shape index (κ2) is 7.78. The smallest absolute Gasteiger partial charge is 0.132 e. The molecule has 0 saturated heterocycles. The van der Waals surface area contributed by atoms with Crippen molar-refractivity contribution in [1.82, 2.24) is 0 Å². The van der Waals surface area contributed by atoms with Gasteiger partial charge >= 0.3 is 0 Å². The number of allylic oxidation sites excluding steroid dienone is 2. The number of hydrogen-bond donors (Lipinski definition) is 0. The van der Waals surface area contributed by atoms with Gasteiger partial charge in [-0.3, -0.25) is 4.79 Å². The summed E-state index contributed by atoms with van der Waals surface area (Å²) in [6, 6.07) is 0. The maximum absolute atomic E-state index is 11.3. The van der Waals surface area contributed by atoms with Crippen molar-refractivity contribution in [2.45, 2.75) is 59.8 Å². The van der Waals surface area contributed by atoms with Gasteiger partial charge in [0.15, 0.2) is 0 Å². The molecule has 0 fully saturated rings. The molecule has 0 aromatic rings. The van der Waals surface area contributed by atoms with Crippen LogP contribution in [0.4, 0.5) is 0 Å². The molecular weight excluding hydrogens is 172 g/mol. The molecule has 1 unspecified atom stereocenters. The highest BCUT2D eigenvalue weighted by Crippen LogP contribution is 2.16.